The normalized spacial score (nSPS) is 16.4. The molecule has 0 unspecified atom stereocenters. The van der Waals surface area contributed by atoms with Gasteiger partial charge in [0, 0.05) is 12.0 Å². The highest BCUT2D eigenvalue weighted by molar-refractivity contribution is 5.85. The van der Waals surface area contributed by atoms with Crippen molar-refractivity contribution in [3.63, 3.8) is 0 Å². The van der Waals surface area contributed by atoms with Crippen LogP contribution in [0.1, 0.15) is 30.4 Å². The van der Waals surface area contributed by atoms with E-state index in [1.54, 1.807) is 13.1 Å². The molecule has 0 atom stereocenters. The van der Waals surface area contributed by atoms with Gasteiger partial charge in [0.1, 0.15) is 0 Å². The van der Waals surface area contributed by atoms with Crippen LogP contribution in [0.2, 0.25) is 0 Å². The van der Waals surface area contributed by atoms with Crippen molar-refractivity contribution in [1.82, 2.24) is 10.6 Å². The summed E-state index contributed by atoms with van der Waals surface area (Å²) in [5.74, 6) is -0.143. The molecule has 0 heterocycles. The second kappa shape index (κ2) is 7.33. The molecule has 1 aliphatic rings. The van der Waals surface area contributed by atoms with Crippen molar-refractivity contribution in [1.29, 1.82) is 0 Å². The number of hydrogen-bond acceptors (Lipinski definition) is 2. The second-order valence-electron chi connectivity index (χ2n) is 5.52. The summed E-state index contributed by atoms with van der Waals surface area (Å²) in [5, 5.41) is 5.55. The van der Waals surface area contributed by atoms with Crippen molar-refractivity contribution >= 4 is 18.3 Å². The van der Waals surface area contributed by atoms with E-state index in [-0.39, 0.29) is 30.3 Å². The fourth-order valence-electron chi connectivity index (χ4n) is 2.69. The number of carbonyl (C=O) groups excluding carboxylic acids is 1. The Hall–Kier alpha value is -1.27. The van der Waals surface area contributed by atoms with Crippen LogP contribution < -0.4 is 10.6 Å². The van der Waals surface area contributed by atoms with E-state index in [1.165, 1.54) is 12.1 Å². The first-order valence-corrected chi connectivity index (χ1v) is 6.96. The van der Waals surface area contributed by atoms with Gasteiger partial charge in [-0.2, -0.15) is 13.2 Å². The number of amides is 1. The maximum Gasteiger partial charge on any atom is 0.416 e. The number of halogens is 4. The predicted molar refractivity (Wildman–Crippen MR) is 81.2 cm³/mol. The Kier molecular flexibility index (Phi) is 6.26. The first-order valence-electron chi connectivity index (χ1n) is 6.96. The molecule has 7 heteroatoms. The molecule has 0 radical (unpaired) electrons. The molecule has 1 saturated carbocycles. The minimum atomic E-state index is -4.34. The van der Waals surface area contributed by atoms with E-state index in [4.69, 9.17) is 0 Å². The third kappa shape index (κ3) is 4.14. The van der Waals surface area contributed by atoms with Crippen LogP contribution in [-0.4, -0.2) is 26.0 Å². The van der Waals surface area contributed by atoms with Crippen molar-refractivity contribution in [3.8, 4) is 0 Å². The molecule has 0 saturated heterocycles. The fraction of sp³-hybridized carbons (Fsp3) is 0.533. The Morgan fingerprint density at radius 3 is 2.50 bits per heavy atom. The van der Waals surface area contributed by atoms with Gasteiger partial charge in [0.25, 0.3) is 0 Å². The standard InChI is InChI=1S/C15H19F3N2O.ClH/c1-19-9-13(21)20-10-14(6-3-7-14)11-4-2-5-12(8-11)15(16,17)18;/h2,4-5,8,19H,3,6-7,9-10H2,1H3,(H,20,21);1H. The van der Waals surface area contributed by atoms with Gasteiger partial charge in [0.15, 0.2) is 0 Å². The minimum absolute atomic E-state index is 0. The van der Waals surface area contributed by atoms with Gasteiger partial charge in [-0.05, 0) is 31.5 Å². The van der Waals surface area contributed by atoms with Gasteiger partial charge in [-0.25, -0.2) is 0 Å². The van der Waals surface area contributed by atoms with Crippen LogP contribution in [0.15, 0.2) is 24.3 Å². The maximum atomic E-state index is 12.8. The lowest BCUT2D eigenvalue weighted by Gasteiger charge is -2.43. The highest BCUT2D eigenvalue weighted by Crippen LogP contribution is 2.44. The van der Waals surface area contributed by atoms with E-state index in [0.717, 1.165) is 25.3 Å². The molecule has 0 aliphatic heterocycles. The first kappa shape index (κ1) is 18.8. The van der Waals surface area contributed by atoms with Crippen LogP contribution in [0.4, 0.5) is 13.2 Å². The topological polar surface area (TPSA) is 41.1 Å². The van der Waals surface area contributed by atoms with E-state index in [9.17, 15) is 18.0 Å². The molecule has 1 aromatic carbocycles. The molecule has 2 rings (SSSR count). The third-order valence-electron chi connectivity index (χ3n) is 4.07. The van der Waals surface area contributed by atoms with Crippen LogP contribution in [0.25, 0.3) is 0 Å². The zero-order chi connectivity index (χ0) is 15.5. The molecule has 0 aromatic heterocycles. The summed E-state index contributed by atoms with van der Waals surface area (Å²) in [7, 11) is 1.67. The van der Waals surface area contributed by atoms with E-state index in [0.29, 0.717) is 12.1 Å². The molecule has 3 nitrogen and oxygen atoms in total. The predicted octanol–water partition coefficient (Wildman–Crippen LogP) is 2.88. The molecule has 22 heavy (non-hydrogen) atoms. The van der Waals surface area contributed by atoms with Gasteiger partial charge in [-0.15, -0.1) is 12.4 Å². The lowest BCUT2D eigenvalue weighted by Crippen LogP contribution is -2.47. The maximum absolute atomic E-state index is 12.8. The number of nitrogens with one attached hydrogen (secondary N) is 2. The lowest BCUT2D eigenvalue weighted by molar-refractivity contribution is -0.137. The van der Waals surface area contributed by atoms with Gasteiger partial charge in [0.2, 0.25) is 5.91 Å². The molecule has 1 aromatic rings. The van der Waals surface area contributed by atoms with E-state index in [2.05, 4.69) is 10.6 Å². The lowest BCUT2D eigenvalue weighted by atomic mass is 9.64. The average Bonchev–Trinajstić information content (AvgIpc) is 2.37. The largest absolute Gasteiger partial charge is 0.416 e. The molecule has 1 fully saturated rings. The zero-order valence-electron chi connectivity index (χ0n) is 12.3. The zero-order valence-corrected chi connectivity index (χ0v) is 13.1. The summed E-state index contributed by atoms with van der Waals surface area (Å²) in [6.07, 6.45) is -1.77. The summed E-state index contributed by atoms with van der Waals surface area (Å²) in [6, 6.07) is 5.45. The molecule has 0 bridgehead atoms. The Bertz CT molecular complexity index is 516. The van der Waals surface area contributed by atoms with E-state index in [1.807, 2.05) is 0 Å². The number of benzene rings is 1. The second-order valence-corrected chi connectivity index (χ2v) is 5.52. The summed E-state index contributed by atoms with van der Waals surface area (Å²) in [4.78, 5) is 11.5. The monoisotopic (exact) mass is 336 g/mol. The first-order chi connectivity index (χ1) is 9.87. The summed E-state index contributed by atoms with van der Waals surface area (Å²) < 4.78 is 38.4. The van der Waals surface area contributed by atoms with Crippen LogP contribution >= 0.6 is 12.4 Å². The van der Waals surface area contributed by atoms with Crippen molar-refractivity contribution in [3.05, 3.63) is 35.4 Å². The summed E-state index contributed by atoms with van der Waals surface area (Å²) >= 11 is 0. The minimum Gasteiger partial charge on any atom is -0.354 e. The van der Waals surface area contributed by atoms with E-state index < -0.39 is 11.7 Å². The average molecular weight is 337 g/mol. The number of likely N-dealkylation sites (N-methyl/N-ethyl adjacent to an activating group) is 1. The molecule has 1 aliphatic carbocycles. The third-order valence-corrected chi connectivity index (χ3v) is 4.07. The van der Waals surface area contributed by atoms with Crippen LogP contribution in [0.3, 0.4) is 0 Å². The van der Waals surface area contributed by atoms with Gasteiger partial charge in [-0.1, -0.05) is 24.6 Å². The fourth-order valence-corrected chi connectivity index (χ4v) is 2.69. The van der Waals surface area contributed by atoms with Crippen molar-refractivity contribution in [2.24, 2.45) is 0 Å². The van der Waals surface area contributed by atoms with Gasteiger partial charge < -0.3 is 10.6 Å². The number of rotatable bonds is 5. The molecule has 0 spiro atoms. The quantitative estimate of drug-likeness (QED) is 0.868. The SMILES string of the molecule is CNCC(=O)NCC1(c2cccc(C(F)(F)F)c2)CCC1.Cl. The Balaban J connectivity index is 0.00000242. The molecular formula is C15H20ClF3N2O. The summed E-state index contributed by atoms with van der Waals surface area (Å²) in [6.45, 7) is 0.591. The molecule has 124 valence electrons. The Morgan fingerprint density at radius 2 is 2.00 bits per heavy atom. The Morgan fingerprint density at radius 1 is 1.32 bits per heavy atom. The van der Waals surface area contributed by atoms with Gasteiger partial charge in [-0.3, -0.25) is 4.79 Å². The molecular weight excluding hydrogens is 317 g/mol. The van der Waals surface area contributed by atoms with Crippen molar-refractivity contribution in [2.45, 2.75) is 30.9 Å². The highest BCUT2D eigenvalue weighted by atomic mass is 35.5. The highest BCUT2D eigenvalue weighted by Gasteiger charge is 2.40. The summed E-state index contributed by atoms with van der Waals surface area (Å²) in [5.41, 5.74) is -0.328. The van der Waals surface area contributed by atoms with Crippen LogP contribution in [0, 0.1) is 0 Å². The Labute approximate surface area is 134 Å². The molecule has 2 N–H and O–H groups in total. The number of hydrogen-bond donors (Lipinski definition) is 2. The van der Waals surface area contributed by atoms with E-state index >= 15 is 0 Å². The van der Waals surface area contributed by atoms with Crippen LogP contribution in [0.5, 0.6) is 0 Å². The smallest absolute Gasteiger partial charge is 0.354 e. The van der Waals surface area contributed by atoms with Crippen LogP contribution in [-0.2, 0) is 16.4 Å². The van der Waals surface area contributed by atoms with Crippen molar-refractivity contribution < 1.29 is 18.0 Å². The molecule has 1 amide bonds. The number of alkyl halides is 3. The van der Waals surface area contributed by atoms with Crippen molar-refractivity contribution in [2.75, 3.05) is 20.1 Å². The van der Waals surface area contributed by atoms with Gasteiger partial charge in [0.05, 0.1) is 12.1 Å². The van der Waals surface area contributed by atoms with Gasteiger partial charge >= 0.3 is 6.18 Å². The number of carbonyl (C=O) groups is 1.